The molecule has 18 heavy (non-hydrogen) atoms. The van der Waals surface area contributed by atoms with Crippen LogP contribution in [0.3, 0.4) is 0 Å². The summed E-state index contributed by atoms with van der Waals surface area (Å²) in [4.78, 5) is 0.949. The van der Waals surface area contributed by atoms with Crippen LogP contribution in [0.5, 0.6) is 0 Å². The Bertz CT molecular complexity index is 641. The van der Waals surface area contributed by atoms with E-state index in [1.54, 1.807) is 14.0 Å². The number of aryl methyl sites for hydroxylation is 2. The van der Waals surface area contributed by atoms with Crippen molar-refractivity contribution in [2.24, 2.45) is 7.05 Å². The second kappa shape index (κ2) is 5.12. The van der Waals surface area contributed by atoms with Gasteiger partial charge in [-0.25, -0.2) is 13.1 Å². The second-order valence-corrected chi connectivity index (χ2v) is 8.02. The number of rotatable bonds is 4. The van der Waals surface area contributed by atoms with E-state index in [1.807, 2.05) is 12.1 Å². The minimum atomic E-state index is -3.53. The van der Waals surface area contributed by atoms with Crippen LogP contribution in [0.4, 0.5) is 0 Å². The normalized spacial score (nSPS) is 11.9. The summed E-state index contributed by atoms with van der Waals surface area (Å²) in [6, 6.07) is 3.77. The van der Waals surface area contributed by atoms with Crippen LogP contribution in [0, 0.1) is 6.92 Å². The van der Waals surface area contributed by atoms with Crippen molar-refractivity contribution in [3.05, 3.63) is 32.6 Å². The fraction of sp³-hybridized carbons (Fsp3) is 0.300. The van der Waals surface area contributed by atoms with Crippen LogP contribution in [0.2, 0.25) is 0 Å². The van der Waals surface area contributed by atoms with Crippen molar-refractivity contribution in [1.82, 2.24) is 14.5 Å². The van der Waals surface area contributed by atoms with Gasteiger partial charge in [0.2, 0.25) is 0 Å². The molecule has 0 aliphatic heterocycles. The Hall–Kier alpha value is -0.700. The monoisotopic (exact) mass is 349 g/mol. The minimum absolute atomic E-state index is 0.207. The number of hydrogen-bond donors (Lipinski definition) is 1. The topological polar surface area (TPSA) is 64.0 Å². The van der Waals surface area contributed by atoms with Crippen molar-refractivity contribution in [3.63, 3.8) is 0 Å². The first-order valence-electron chi connectivity index (χ1n) is 5.12. The number of halogens is 1. The van der Waals surface area contributed by atoms with Gasteiger partial charge < -0.3 is 0 Å². The number of aromatic nitrogens is 2. The predicted molar refractivity (Wildman–Crippen MR) is 74.0 cm³/mol. The molecule has 5 nitrogen and oxygen atoms in total. The maximum Gasteiger partial charge on any atom is 0.258 e. The van der Waals surface area contributed by atoms with Gasteiger partial charge in [0.1, 0.15) is 0 Å². The molecule has 0 aromatic carbocycles. The molecule has 0 atom stereocenters. The van der Waals surface area contributed by atoms with Gasteiger partial charge in [-0.1, -0.05) is 0 Å². The van der Waals surface area contributed by atoms with Crippen LogP contribution < -0.4 is 4.72 Å². The summed E-state index contributed by atoms with van der Waals surface area (Å²) in [7, 11) is -1.91. The van der Waals surface area contributed by atoms with E-state index in [-0.39, 0.29) is 11.6 Å². The first kappa shape index (κ1) is 13.7. The molecular weight excluding hydrogens is 338 g/mol. The Labute approximate surface area is 118 Å². The first-order valence-corrected chi connectivity index (χ1v) is 8.22. The van der Waals surface area contributed by atoms with Gasteiger partial charge in [0, 0.05) is 24.0 Å². The lowest BCUT2D eigenvalue weighted by Gasteiger charge is -2.06. The third-order valence-corrected chi connectivity index (χ3v) is 5.62. The molecule has 2 rings (SSSR count). The lowest BCUT2D eigenvalue weighted by molar-refractivity contribution is 0.562. The summed E-state index contributed by atoms with van der Waals surface area (Å²) in [6.45, 7) is 2.01. The van der Waals surface area contributed by atoms with Gasteiger partial charge in [0.05, 0.1) is 9.98 Å². The third kappa shape index (κ3) is 2.82. The molecule has 0 aliphatic carbocycles. The van der Waals surface area contributed by atoms with E-state index in [0.717, 1.165) is 8.66 Å². The van der Waals surface area contributed by atoms with Gasteiger partial charge in [0.15, 0.2) is 5.03 Å². The maximum atomic E-state index is 12.1. The highest BCUT2D eigenvalue weighted by Gasteiger charge is 2.21. The molecule has 2 aromatic rings. The fourth-order valence-electron chi connectivity index (χ4n) is 1.60. The molecule has 0 amide bonds. The molecule has 2 heterocycles. The van der Waals surface area contributed by atoms with E-state index < -0.39 is 10.0 Å². The van der Waals surface area contributed by atoms with Crippen LogP contribution in [-0.2, 0) is 23.6 Å². The molecule has 2 aromatic heterocycles. The summed E-state index contributed by atoms with van der Waals surface area (Å²) < 4.78 is 29.2. The highest BCUT2D eigenvalue weighted by molar-refractivity contribution is 9.11. The first-order chi connectivity index (χ1) is 8.40. The van der Waals surface area contributed by atoms with Gasteiger partial charge in [0.25, 0.3) is 10.0 Å². The number of sulfonamides is 1. The van der Waals surface area contributed by atoms with Crippen LogP contribution in [0.25, 0.3) is 0 Å². The Morgan fingerprint density at radius 3 is 2.72 bits per heavy atom. The smallest absolute Gasteiger partial charge is 0.256 e. The largest absolute Gasteiger partial charge is 0.258 e. The lowest BCUT2D eigenvalue weighted by atomic mass is 10.4. The van der Waals surface area contributed by atoms with E-state index in [0.29, 0.717) is 5.56 Å². The molecule has 0 spiro atoms. The fourth-order valence-corrected chi connectivity index (χ4v) is 4.47. The minimum Gasteiger partial charge on any atom is -0.256 e. The zero-order valence-electron chi connectivity index (χ0n) is 9.84. The summed E-state index contributed by atoms with van der Waals surface area (Å²) in [5.41, 5.74) is 0.636. The van der Waals surface area contributed by atoms with Crippen molar-refractivity contribution >= 4 is 37.3 Å². The molecule has 8 heteroatoms. The van der Waals surface area contributed by atoms with E-state index in [9.17, 15) is 8.42 Å². The van der Waals surface area contributed by atoms with Crippen LogP contribution in [-0.4, -0.2) is 18.2 Å². The van der Waals surface area contributed by atoms with Crippen LogP contribution in [0.1, 0.15) is 10.4 Å². The molecule has 98 valence electrons. The molecule has 0 aliphatic rings. The van der Waals surface area contributed by atoms with Gasteiger partial charge in [-0.2, -0.15) is 5.10 Å². The molecular formula is C10H12BrN3O2S2. The van der Waals surface area contributed by atoms with Crippen molar-refractivity contribution in [3.8, 4) is 0 Å². The Morgan fingerprint density at radius 1 is 1.50 bits per heavy atom. The SMILES string of the molecule is Cc1cnn(C)c1S(=O)(=O)NCc1ccc(Br)s1. The zero-order valence-corrected chi connectivity index (χ0v) is 13.1. The molecule has 0 bridgehead atoms. The Kier molecular flexibility index (Phi) is 3.90. The quantitative estimate of drug-likeness (QED) is 0.918. The van der Waals surface area contributed by atoms with E-state index in [4.69, 9.17) is 0 Å². The van der Waals surface area contributed by atoms with Crippen LogP contribution >= 0.6 is 27.3 Å². The molecule has 1 N–H and O–H groups in total. The molecule has 0 unspecified atom stereocenters. The van der Waals surface area contributed by atoms with E-state index >= 15 is 0 Å². The van der Waals surface area contributed by atoms with Gasteiger partial charge >= 0.3 is 0 Å². The van der Waals surface area contributed by atoms with Crippen molar-refractivity contribution in [1.29, 1.82) is 0 Å². The highest BCUT2D eigenvalue weighted by Crippen LogP contribution is 2.22. The number of nitrogens with zero attached hydrogens (tertiary/aromatic N) is 2. The molecule has 0 saturated carbocycles. The molecule has 0 radical (unpaired) electrons. The summed E-state index contributed by atoms with van der Waals surface area (Å²) in [5, 5.41) is 4.14. The van der Waals surface area contributed by atoms with E-state index in [2.05, 4.69) is 25.8 Å². The number of nitrogens with one attached hydrogen (secondary N) is 1. The Balaban J connectivity index is 2.18. The van der Waals surface area contributed by atoms with Crippen molar-refractivity contribution in [2.75, 3.05) is 0 Å². The predicted octanol–water partition coefficient (Wildman–Crippen LogP) is 2.03. The summed E-state index contributed by atoms with van der Waals surface area (Å²) in [5.74, 6) is 0. The summed E-state index contributed by atoms with van der Waals surface area (Å²) >= 11 is 4.84. The average molecular weight is 350 g/mol. The van der Waals surface area contributed by atoms with E-state index in [1.165, 1.54) is 22.2 Å². The molecule has 0 fully saturated rings. The van der Waals surface area contributed by atoms with Gasteiger partial charge in [-0.15, -0.1) is 11.3 Å². The average Bonchev–Trinajstić information content (AvgIpc) is 2.83. The van der Waals surface area contributed by atoms with Crippen molar-refractivity contribution < 1.29 is 8.42 Å². The summed E-state index contributed by atoms with van der Waals surface area (Å²) in [6.07, 6.45) is 1.54. The maximum absolute atomic E-state index is 12.1. The Morgan fingerprint density at radius 2 is 2.22 bits per heavy atom. The zero-order chi connectivity index (χ0) is 13.3. The number of hydrogen-bond acceptors (Lipinski definition) is 4. The second-order valence-electron chi connectivity index (χ2n) is 3.79. The number of thiophene rings is 1. The standard InChI is InChI=1S/C10H12BrN3O2S2/c1-7-5-12-14(2)10(7)18(15,16)13-6-8-3-4-9(11)17-8/h3-5,13H,6H2,1-2H3. The van der Waals surface area contributed by atoms with Gasteiger partial charge in [-0.05, 0) is 35.0 Å². The lowest BCUT2D eigenvalue weighted by Crippen LogP contribution is -2.25. The highest BCUT2D eigenvalue weighted by atomic mass is 79.9. The van der Waals surface area contributed by atoms with Gasteiger partial charge in [-0.3, -0.25) is 4.68 Å². The molecule has 0 saturated heterocycles. The van der Waals surface area contributed by atoms with Crippen molar-refractivity contribution in [2.45, 2.75) is 18.5 Å². The third-order valence-electron chi connectivity index (χ3n) is 2.38. The van der Waals surface area contributed by atoms with Crippen LogP contribution in [0.15, 0.2) is 27.1 Å².